The summed E-state index contributed by atoms with van der Waals surface area (Å²) in [6.45, 7) is 4.65. The normalized spacial score (nSPS) is 10.9. The summed E-state index contributed by atoms with van der Waals surface area (Å²) in [7, 11) is 1.88. The predicted molar refractivity (Wildman–Crippen MR) is 70.4 cm³/mol. The number of pyridine rings is 1. The van der Waals surface area contributed by atoms with Crippen LogP contribution in [-0.2, 0) is 20.1 Å². The van der Waals surface area contributed by atoms with Crippen LogP contribution in [0.15, 0.2) is 23.0 Å². The summed E-state index contributed by atoms with van der Waals surface area (Å²) in [5, 5.41) is 4.29. The quantitative estimate of drug-likeness (QED) is 0.867. The van der Waals surface area contributed by atoms with Gasteiger partial charge in [-0.2, -0.15) is 5.10 Å². The van der Waals surface area contributed by atoms with E-state index in [4.69, 9.17) is 5.73 Å². The lowest BCUT2D eigenvalue weighted by molar-refractivity contribution is 0.636. The van der Waals surface area contributed by atoms with E-state index in [1.165, 1.54) is 0 Å². The molecule has 0 bridgehead atoms. The van der Waals surface area contributed by atoms with E-state index < -0.39 is 0 Å². The Morgan fingerprint density at radius 1 is 1.33 bits per heavy atom. The van der Waals surface area contributed by atoms with Gasteiger partial charge in [-0.3, -0.25) is 9.48 Å². The number of nitrogens with two attached hydrogens (primary N) is 1. The van der Waals surface area contributed by atoms with Crippen molar-refractivity contribution < 1.29 is 0 Å². The van der Waals surface area contributed by atoms with Crippen LogP contribution in [-0.4, -0.2) is 14.3 Å². The van der Waals surface area contributed by atoms with Crippen LogP contribution in [0.25, 0.3) is 0 Å². The zero-order chi connectivity index (χ0) is 13.3. The maximum atomic E-state index is 12.2. The molecule has 0 saturated carbocycles. The molecule has 0 fully saturated rings. The second kappa shape index (κ2) is 4.78. The molecule has 0 aliphatic rings. The van der Waals surface area contributed by atoms with Crippen LogP contribution in [0.4, 0.5) is 0 Å². The molecule has 0 atom stereocenters. The molecule has 18 heavy (non-hydrogen) atoms. The van der Waals surface area contributed by atoms with Gasteiger partial charge in [-0.15, -0.1) is 0 Å². The van der Waals surface area contributed by atoms with Crippen molar-refractivity contribution in [1.29, 1.82) is 0 Å². The summed E-state index contributed by atoms with van der Waals surface area (Å²) in [6, 6.07) is 5.70. The summed E-state index contributed by atoms with van der Waals surface area (Å²) >= 11 is 0. The zero-order valence-corrected chi connectivity index (χ0v) is 11.0. The highest BCUT2D eigenvalue weighted by molar-refractivity contribution is 5.17. The van der Waals surface area contributed by atoms with Gasteiger partial charge in [0, 0.05) is 24.8 Å². The first-order chi connectivity index (χ1) is 8.52. The van der Waals surface area contributed by atoms with Gasteiger partial charge in [-0.1, -0.05) is 6.07 Å². The van der Waals surface area contributed by atoms with E-state index in [1.54, 1.807) is 15.3 Å². The summed E-state index contributed by atoms with van der Waals surface area (Å²) in [6.07, 6.45) is 0. The van der Waals surface area contributed by atoms with Crippen molar-refractivity contribution in [2.24, 2.45) is 12.8 Å². The summed E-state index contributed by atoms with van der Waals surface area (Å²) in [4.78, 5) is 12.2. The van der Waals surface area contributed by atoms with E-state index in [-0.39, 0.29) is 12.1 Å². The molecule has 0 amide bonds. The van der Waals surface area contributed by atoms with Crippen LogP contribution in [0.5, 0.6) is 0 Å². The third kappa shape index (κ3) is 2.22. The van der Waals surface area contributed by atoms with Crippen LogP contribution in [0, 0.1) is 13.8 Å². The molecule has 0 aliphatic heterocycles. The minimum Gasteiger partial charge on any atom is -0.326 e. The van der Waals surface area contributed by atoms with Crippen molar-refractivity contribution in [2.45, 2.75) is 26.9 Å². The van der Waals surface area contributed by atoms with Gasteiger partial charge in [0.15, 0.2) is 0 Å². The third-order valence-corrected chi connectivity index (χ3v) is 3.11. The van der Waals surface area contributed by atoms with Crippen molar-refractivity contribution >= 4 is 0 Å². The Morgan fingerprint density at radius 3 is 2.61 bits per heavy atom. The highest BCUT2D eigenvalue weighted by atomic mass is 16.1. The van der Waals surface area contributed by atoms with E-state index in [2.05, 4.69) is 5.10 Å². The van der Waals surface area contributed by atoms with Crippen LogP contribution in [0.3, 0.4) is 0 Å². The van der Waals surface area contributed by atoms with Crippen LogP contribution < -0.4 is 11.3 Å². The Kier molecular flexibility index (Phi) is 3.34. The second-order valence-electron chi connectivity index (χ2n) is 4.50. The molecule has 2 heterocycles. The minimum absolute atomic E-state index is 0.0173. The standard InChI is InChI=1S/C13H18N4O/c1-9-6-12(16(3)15-9)8-17-10(2)4-5-11(7-14)13(17)18/h4-6H,7-8,14H2,1-3H3. The number of hydrogen-bond acceptors (Lipinski definition) is 3. The molecular weight excluding hydrogens is 228 g/mol. The van der Waals surface area contributed by atoms with Gasteiger partial charge < -0.3 is 10.3 Å². The van der Waals surface area contributed by atoms with Gasteiger partial charge in [0.05, 0.1) is 17.9 Å². The molecule has 0 saturated heterocycles. The van der Waals surface area contributed by atoms with Crippen molar-refractivity contribution in [3.05, 3.63) is 51.2 Å². The molecule has 2 N–H and O–H groups in total. The average molecular weight is 246 g/mol. The average Bonchev–Trinajstić information content (AvgIpc) is 2.63. The molecule has 96 valence electrons. The Hall–Kier alpha value is -1.88. The molecule has 5 nitrogen and oxygen atoms in total. The van der Waals surface area contributed by atoms with Crippen LogP contribution in [0.1, 0.15) is 22.6 Å². The van der Waals surface area contributed by atoms with E-state index in [9.17, 15) is 4.79 Å². The first kappa shape index (κ1) is 12.6. The summed E-state index contributed by atoms with van der Waals surface area (Å²) < 4.78 is 3.54. The van der Waals surface area contributed by atoms with Crippen molar-refractivity contribution in [3.63, 3.8) is 0 Å². The van der Waals surface area contributed by atoms with E-state index in [1.807, 2.05) is 33.0 Å². The summed E-state index contributed by atoms with van der Waals surface area (Å²) in [5.74, 6) is 0. The van der Waals surface area contributed by atoms with E-state index in [0.717, 1.165) is 17.1 Å². The minimum atomic E-state index is -0.0173. The highest BCUT2D eigenvalue weighted by Gasteiger charge is 2.08. The summed E-state index contributed by atoms with van der Waals surface area (Å²) in [5.41, 5.74) is 9.07. The Morgan fingerprint density at radius 2 is 2.06 bits per heavy atom. The largest absolute Gasteiger partial charge is 0.326 e. The smallest absolute Gasteiger partial charge is 0.255 e. The van der Waals surface area contributed by atoms with Crippen LogP contribution >= 0.6 is 0 Å². The highest BCUT2D eigenvalue weighted by Crippen LogP contribution is 2.06. The predicted octanol–water partition coefficient (Wildman–Crippen LogP) is 0.706. The zero-order valence-electron chi connectivity index (χ0n) is 11.0. The van der Waals surface area contributed by atoms with Gasteiger partial charge in [-0.25, -0.2) is 0 Å². The Bertz CT molecular complexity index is 624. The van der Waals surface area contributed by atoms with Crippen molar-refractivity contribution in [3.8, 4) is 0 Å². The topological polar surface area (TPSA) is 65.8 Å². The van der Waals surface area contributed by atoms with Gasteiger partial charge in [0.1, 0.15) is 0 Å². The van der Waals surface area contributed by atoms with Gasteiger partial charge in [0.2, 0.25) is 0 Å². The first-order valence-electron chi connectivity index (χ1n) is 5.92. The lowest BCUT2D eigenvalue weighted by Gasteiger charge is -2.11. The maximum absolute atomic E-state index is 12.2. The SMILES string of the molecule is Cc1cc(Cn2c(C)ccc(CN)c2=O)n(C)n1. The molecule has 0 aliphatic carbocycles. The fraction of sp³-hybridized carbons (Fsp3) is 0.385. The molecule has 2 rings (SSSR count). The molecule has 5 heteroatoms. The Balaban J connectivity index is 2.46. The number of rotatable bonds is 3. The van der Waals surface area contributed by atoms with Crippen LogP contribution in [0.2, 0.25) is 0 Å². The molecule has 2 aromatic heterocycles. The molecule has 0 aromatic carbocycles. The molecule has 2 aromatic rings. The van der Waals surface area contributed by atoms with E-state index >= 15 is 0 Å². The second-order valence-corrected chi connectivity index (χ2v) is 4.50. The van der Waals surface area contributed by atoms with Crippen molar-refractivity contribution in [1.82, 2.24) is 14.3 Å². The third-order valence-electron chi connectivity index (χ3n) is 3.11. The van der Waals surface area contributed by atoms with Gasteiger partial charge in [-0.05, 0) is 26.0 Å². The Labute approximate surface area is 106 Å². The van der Waals surface area contributed by atoms with Crippen molar-refractivity contribution in [2.75, 3.05) is 0 Å². The van der Waals surface area contributed by atoms with E-state index in [0.29, 0.717) is 12.1 Å². The maximum Gasteiger partial charge on any atom is 0.255 e. The van der Waals surface area contributed by atoms with Gasteiger partial charge >= 0.3 is 0 Å². The number of nitrogens with zero attached hydrogens (tertiary/aromatic N) is 3. The molecule has 0 radical (unpaired) electrons. The fourth-order valence-corrected chi connectivity index (χ4v) is 2.04. The number of hydrogen-bond donors (Lipinski definition) is 1. The molecule has 0 spiro atoms. The fourth-order valence-electron chi connectivity index (χ4n) is 2.04. The lowest BCUT2D eigenvalue weighted by Crippen LogP contribution is -2.27. The van der Waals surface area contributed by atoms with Gasteiger partial charge in [0.25, 0.3) is 5.56 Å². The number of aryl methyl sites for hydroxylation is 3. The molecular formula is C13H18N4O. The molecule has 0 unspecified atom stereocenters. The lowest BCUT2D eigenvalue weighted by atomic mass is 10.2. The number of aromatic nitrogens is 3. The first-order valence-corrected chi connectivity index (χ1v) is 5.92. The monoisotopic (exact) mass is 246 g/mol.